The van der Waals surface area contributed by atoms with E-state index in [0.717, 1.165) is 5.56 Å². The number of hydrogen-bond acceptors (Lipinski definition) is 3. The standard InChI is InChI=1S/C16H16ClNO3/c1-20-14-7-8-15(21-2)12(9-14)10-18-16(19)11-3-5-13(17)6-4-11/h3-9H,10H2,1-2H3,(H,18,19). The first-order valence-electron chi connectivity index (χ1n) is 6.38. The number of methoxy groups -OCH3 is 2. The van der Waals surface area contributed by atoms with Crippen LogP contribution in [-0.2, 0) is 6.54 Å². The highest BCUT2D eigenvalue weighted by molar-refractivity contribution is 6.30. The Labute approximate surface area is 128 Å². The van der Waals surface area contributed by atoms with Gasteiger partial charge in [0.25, 0.3) is 5.91 Å². The third-order valence-electron chi connectivity index (χ3n) is 3.03. The highest BCUT2D eigenvalue weighted by Crippen LogP contribution is 2.23. The molecule has 1 N–H and O–H groups in total. The molecule has 5 heteroatoms. The van der Waals surface area contributed by atoms with E-state index in [-0.39, 0.29) is 5.91 Å². The molecule has 0 aromatic heterocycles. The molecular weight excluding hydrogens is 290 g/mol. The summed E-state index contributed by atoms with van der Waals surface area (Å²) in [7, 11) is 3.18. The van der Waals surface area contributed by atoms with E-state index >= 15 is 0 Å². The summed E-state index contributed by atoms with van der Waals surface area (Å²) in [5, 5.41) is 3.44. The minimum Gasteiger partial charge on any atom is -0.497 e. The van der Waals surface area contributed by atoms with Crippen molar-refractivity contribution >= 4 is 17.5 Å². The maximum Gasteiger partial charge on any atom is 0.251 e. The van der Waals surface area contributed by atoms with Crippen LogP contribution < -0.4 is 14.8 Å². The van der Waals surface area contributed by atoms with E-state index in [1.165, 1.54) is 0 Å². The summed E-state index contributed by atoms with van der Waals surface area (Å²) < 4.78 is 10.5. The molecule has 0 fully saturated rings. The first-order chi connectivity index (χ1) is 10.1. The lowest BCUT2D eigenvalue weighted by molar-refractivity contribution is 0.0950. The van der Waals surface area contributed by atoms with Crippen LogP contribution in [0.1, 0.15) is 15.9 Å². The summed E-state index contributed by atoms with van der Waals surface area (Å²) in [6.45, 7) is 0.349. The lowest BCUT2D eigenvalue weighted by atomic mass is 10.1. The van der Waals surface area contributed by atoms with E-state index in [1.54, 1.807) is 38.5 Å². The number of halogens is 1. The number of rotatable bonds is 5. The molecule has 2 aromatic rings. The van der Waals surface area contributed by atoms with Gasteiger partial charge in [-0.2, -0.15) is 0 Å². The fourth-order valence-electron chi connectivity index (χ4n) is 1.90. The Kier molecular flexibility index (Phi) is 5.06. The Morgan fingerprint density at radius 1 is 1.10 bits per heavy atom. The van der Waals surface area contributed by atoms with Crippen molar-refractivity contribution in [3.05, 3.63) is 58.6 Å². The normalized spacial score (nSPS) is 10.0. The molecule has 110 valence electrons. The molecule has 0 atom stereocenters. The second-order valence-electron chi connectivity index (χ2n) is 4.37. The molecule has 0 saturated carbocycles. The molecule has 4 nitrogen and oxygen atoms in total. The van der Waals surface area contributed by atoms with Gasteiger partial charge in [0.05, 0.1) is 14.2 Å². The summed E-state index contributed by atoms with van der Waals surface area (Å²) in [6, 6.07) is 12.2. The molecule has 0 aliphatic heterocycles. The summed E-state index contributed by atoms with van der Waals surface area (Å²) >= 11 is 5.80. The molecule has 0 aliphatic carbocycles. The number of amides is 1. The molecule has 0 unspecified atom stereocenters. The van der Waals surface area contributed by atoms with Gasteiger partial charge in [-0.3, -0.25) is 4.79 Å². The third-order valence-corrected chi connectivity index (χ3v) is 3.29. The summed E-state index contributed by atoms with van der Waals surface area (Å²) in [4.78, 5) is 12.1. The fourth-order valence-corrected chi connectivity index (χ4v) is 2.02. The fraction of sp³-hybridized carbons (Fsp3) is 0.188. The number of benzene rings is 2. The Bertz CT molecular complexity index is 626. The van der Waals surface area contributed by atoms with Gasteiger partial charge in [0, 0.05) is 22.7 Å². The summed E-state index contributed by atoms with van der Waals surface area (Å²) in [5.41, 5.74) is 1.40. The Morgan fingerprint density at radius 3 is 2.43 bits per heavy atom. The Balaban J connectivity index is 2.08. The van der Waals surface area contributed by atoms with E-state index in [1.807, 2.05) is 18.2 Å². The molecule has 1 amide bonds. The highest BCUT2D eigenvalue weighted by Gasteiger charge is 2.09. The number of hydrogen-bond donors (Lipinski definition) is 1. The molecule has 0 aliphatic rings. The van der Waals surface area contributed by atoms with Gasteiger partial charge in [-0.1, -0.05) is 11.6 Å². The maximum absolute atomic E-state index is 12.1. The smallest absolute Gasteiger partial charge is 0.251 e. The lowest BCUT2D eigenvalue weighted by Gasteiger charge is -2.11. The molecule has 2 rings (SSSR count). The lowest BCUT2D eigenvalue weighted by Crippen LogP contribution is -2.23. The monoisotopic (exact) mass is 305 g/mol. The zero-order valence-corrected chi connectivity index (χ0v) is 12.6. The second-order valence-corrected chi connectivity index (χ2v) is 4.80. The third kappa shape index (κ3) is 3.89. The first kappa shape index (κ1) is 15.2. The molecule has 0 spiro atoms. The highest BCUT2D eigenvalue weighted by atomic mass is 35.5. The number of carbonyl (C=O) groups excluding carboxylic acids is 1. The average molecular weight is 306 g/mol. The molecule has 0 bridgehead atoms. The van der Waals surface area contributed by atoms with Crippen molar-refractivity contribution in [3.8, 4) is 11.5 Å². The van der Waals surface area contributed by atoms with Gasteiger partial charge in [0.2, 0.25) is 0 Å². The Hall–Kier alpha value is -2.20. The molecule has 2 aromatic carbocycles. The van der Waals surface area contributed by atoms with Gasteiger partial charge in [-0.15, -0.1) is 0 Å². The van der Waals surface area contributed by atoms with Crippen molar-refractivity contribution < 1.29 is 14.3 Å². The van der Waals surface area contributed by atoms with Crippen LogP contribution in [0, 0.1) is 0 Å². The van der Waals surface area contributed by atoms with Crippen molar-refractivity contribution in [1.29, 1.82) is 0 Å². The molecule has 0 saturated heterocycles. The van der Waals surface area contributed by atoms with Crippen LogP contribution in [0.4, 0.5) is 0 Å². The van der Waals surface area contributed by atoms with Crippen LogP contribution >= 0.6 is 11.6 Å². The van der Waals surface area contributed by atoms with Crippen molar-refractivity contribution in [2.24, 2.45) is 0 Å². The van der Waals surface area contributed by atoms with Gasteiger partial charge in [-0.05, 0) is 42.5 Å². The Morgan fingerprint density at radius 2 is 1.81 bits per heavy atom. The van der Waals surface area contributed by atoms with Crippen molar-refractivity contribution in [2.45, 2.75) is 6.54 Å². The second kappa shape index (κ2) is 6.99. The predicted molar refractivity (Wildman–Crippen MR) is 82.2 cm³/mol. The minimum absolute atomic E-state index is 0.170. The van der Waals surface area contributed by atoms with Gasteiger partial charge >= 0.3 is 0 Å². The minimum atomic E-state index is -0.170. The SMILES string of the molecule is COc1ccc(OC)c(CNC(=O)c2ccc(Cl)cc2)c1. The van der Waals surface area contributed by atoms with Crippen molar-refractivity contribution in [2.75, 3.05) is 14.2 Å². The number of carbonyl (C=O) groups is 1. The predicted octanol–water partition coefficient (Wildman–Crippen LogP) is 3.29. The topological polar surface area (TPSA) is 47.6 Å². The van der Waals surface area contributed by atoms with E-state index in [9.17, 15) is 4.79 Å². The number of ether oxygens (including phenoxy) is 2. The number of nitrogens with one attached hydrogen (secondary N) is 1. The van der Waals surface area contributed by atoms with Gasteiger partial charge in [0.1, 0.15) is 11.5 Å². The van der Waals surface area contributed by atoms with E-state index < -0.39 is 0 Å². The van der Waals surface area contributed by atoms with E-state index in [0.29, 0.717) is 28.6 Å². The van der Waals surface area contributed by atoms with Gasteiger partial charge < -0.3 is 14.8 Å². The molecule has 0 heterocycles. The largest absolute Gasteiger partial charge is 0.497 e. The molecule has 21 heavy (non-hydrogen) atoms. The van der Waals surface area contributed by atoms with E-state index in [2.05, 4.69) is 5.32 Å². The van der Waals surface area contributed by atoms with Crippen molar-refractivity contribution in [3.63, 3.8) is 0 Å². The summed E-state index contributed by atoms with van der Waals surface area (Å²) in [5.74, 6) is 1.25. The van der Waals surface area contributed by atoms with Gasteiger partial charge in [-0.25, -0.2) is 0 Å². The van der Waals surface area contributed by atoms with Gasteiger partial charge in [0.15, 0.2) is 0 Å². The maximum atomic E-state index is 12.1. The first-order valence-corrected chi connectivity index (χ1v) is 6.76. The summed E-state index contributed by atoms with van der Waals surface area (Å²) in [6.07, 6.45) is 0. The van der Waals surface area contributed by atoms with Crippen molar-refractivity contribution in [1.82, 2.24) is 5.32 Å². The quantitative estimate of drug-likeness (QED) is 0.922. The van der Waals surface area contributed by atoms with Crippen LogP contribution in [0.25, 0.3) is 0 Å². The van der Waals surface area contributed by atoms with Crippen LogP contribution in [0.5, 0.6) is 11.5 Å². The zero-order chi connectivity index (χ0) is 15.2. The van der Waals surface area contributed by atoms with Crippen LogP contribution in [-0.4, -0.2) is 20.1 Å². The molecular formula is C16H16ClNO3. The average Bonchev–Trinajstić information content (AvgIpc) is 2.52. The van der Waals surface area contributed by atoms with E-state index in [4.69, 9.17) is 21.1 Å². The zero-order valence-electron chi connectivity index (χ0n) is 11.9. The van der Waals surface area contributed by atoms with Crippen LogP contribution in [0.2, 0.25) is 5.02 Å². The van der Waals surface area contributed by atoms with Crippen LogP contribution in [0.15, 0.2) is 42.5 Å². The van der Waals surface area contributed by atoms with Crippen LogP contribution in [0.3, 0.4) is 0 Å². The molecule has 0 radical (unpaired) electrons.